The second kappa shape index (κ2) is 10.7. The summed E-state index contributed by atoms with van der Waals surface area (Å²) in [5.41, 5.74) is 4.01. The smallest absolute Gasteiger partial charge is 0.317 e. The number of likely N-dealkylation sites (tertiary alicyclic amines) is 2. The van der Waals surface area contributed by atoms with Crippen LogP contribution in [0.5, 0.6) is 5.75 Å². The average molecular weight is 422 g/mol. The number of nitrogens with zero attached hydrogens (tertiary/aromatic N) is 2. The standard InChI is InChI=1S/C26H35N3O2/c1-31-25-10-8-23(9-11-25)24-13-18-29(19-14-24)26(30)27-15-12-21-4-6-22(7-5-21)20-28-16-2-3-17-28/h4-11,24H,2-3,12-20H2,1H3,(H,27,30). The van der Waals surface area contributed by atoms with E-state index in [4.69, 9.17) is 4.74 Å². The van der Waals surface area contributed by atoms with Crippen LogP contribution >= 0.6 is 0 Å². The van der Waals surface area contributed by atoms with Crippen molar-refractivity contribution in [1.82, 2.24) is 15.1 Å². The van der Waals surface area contributed by atoms with Gasteiger partial charge in [-0.3, -0.25) is 4.90 Å². The molecule has 0 bridgehead atoms. The highest BCUT2D eigenvalue weighted by Gasteiger charge is 2.23. The van der Waals surface area contributed by atoms with Gasteiger partial charge in [-0.2, -0.15) is 0 Å². The molecule has 0 radical (unpaired) electrons. The van der Waals surface area contributed by atoms with Crippen LogP contribution in [-0.4, -0.2) is 55.7 Å². The zero-order valence-electron chi connectivity index (χ0n) is 18.7. The van der Waals surface area contributed by atoms with E-state index in [1.807, 2.05) is 17.0 Å². The molecule has 1 N–H and O–H groups in total. The molecule has 0 unspecified atom stereocenters. The summed E-state index contributed by atoms with van der Waals surface area (Å²) in [4.78, 5) is 17.0. The van der Waals surface area contributed by atoms with Crippen molar-refractivity contribution in [3.8, 4) is 5.75 Å². The lowest BCUT2D eigenvalue weighted by Gasteiger charge is -2.32. The van der Waals surface area contributed by atoms with Gasteiger partial charge in [-0.25, -0.2) is 4.79 Å². The van der Waals surface area contributed by atoms with Crippen LogP contribution in [0.1, 0.15) is 48.3 Å². The van der Waals surface area contributed by atoms with Gasteiger partial charge in [0.2, 0.25) is 0 Å². The lowest BCUT2D eigenvalue weighted by Crippen LogP contribution is -2.44. The summed E-state index contributed by atoms with van der Waals surface area (Å²) < 4.78 is 5.24. The van der Waals surface area contributed by atoms with Gasteiger partial charge in [-0.1, -0.05) is 36.4 Å². The van der Waals surface area contributed by atoms with E-state index in [-0.39, 0.29) is 6.03 Å². The normalized spacial score (nSPS) is 17.6. The van der Waals surface area contributed by atoms with Crippen LogP contribution in [0.2, 0.25) is 0 Å². The summed E-state index contributed by atoms with van der Waals surface area (Å²) in [5, 5.41) is 3.11. The molecule has 0 aliphatic carbocycles. The molecule has 0 saturated carbocycles. The van der Waals surface area contributed by atoms with Crippen molar-refractivity contribution in [3.05, 3.63) is 65.2 Å². The van der Waals surface area contributed by atoms with Gasteiger partial charge in [-0.15, -0.1) is 0 Å². The van der Waals surface area contributed by atoms with Crippen molar-refractivity contribution < 1.29 is 9.53 Å². The van der Waals surface area contributed by atoms with Crippen LogP contribution in [0.15, 0.2) is 48.5 Å². The second-order valence-corrected chi connectivity index (χ2v) is 8.82. The minimum atomic E-state index is 0.0684. The number of urea groups is 1. The Labute approximate surface area is 186 Å². The first-order chi connectivity index (χ1) is 15.2. The summed E-state index contributed by atoms with van der Waals surface area (Å²) in [6, 6.07) is 17.3. The highest BCUT2D eigenvalue weighted by molar-refractivity contribution is 5.74. The fraction of sp³-hybridized carbons (Fsp3) is 0.500. The maximum atomic E-state index is 12.6. The number of hydrogen-bond donors (Lipinski definition) is 1. The highest BCUT2D eigenvalue weighted by Crippen LogP contribution is 2.29. The van der Waals surface area contributed by atoms with Crippen molar-refractivity contribution >= 4 is 6.03 Å². The molecule has 0 atom stereocenters. The lowest BCUT2D eigenvalue weighted by atomic mass is 9.89. The van der Waals surface area contributed by atoms with Crippen LogP contribution in [0.3, 0.4) is 0 Å². The van der Waals surface area contributed by atoms with Crippen molar-refractivity contribution in [1.29, 1.82) is 0 Å². The summed E-state index contributed by atoms with van der Waals surface area (Å²) in [7, 11) is 1.69. The van der Waals surface area contributed by atoms with Crippen molar-refractivity contribution in [2.24, 2.45) is 0 Å². The quantitative estimate of drug-likeness (QED) is 0.720. The van der Waals surface area contributed by atoms with E-state index in [9.17, 15) is 4.79 Å². The Morgan fingerprint density at radius 1 is 0.935 bits per heavy atom. The molecule has 5 heteroatoms. The van der Waals surface area contributed by atoms with Gasteiger partial charge < -0.3 is 15.0 Å². The van der Waals surface area contributed by atoms with E-state index < -0.39 is 0 Å². The molecule has 166 valence electrons. The third-order valence-electron chi connectivity index (χ3n) is 6.69. The molecule has 2 aromatic rings. The SMILES string of the molecule is COc1ccc(C2CCN(C(=O)NCCc3ccc(CN4CCCC4)cc3)CC2)cc1. The molecule has 0 aromatic heterocycles. The van der Waals surface area contributed by atoms with E-state index in [0.29, 0.717) is 12.5 Å². The molecular weight excluding hydrogens is 386 g/mol. The molecule has 5 nitrogen and oxygen atoms in total. The number of carbonyl (C=O) groups excluding carboxylic acids is 1. The zero-order chi connectivity index (χ0) is 21.5. The number of ether oxygens (including phenoxy) is 1. The third-order valence-corrected chi connectivity index (χ3v) is 6.69. The van der Waals surface area contributed by atoms with Gasteiger partial charge >= 0.3 is 6.03 Å². The molecule has 2 saturated heterocycles. The second-order valence-electron chi connectivity index (χ2n) is 8.82. The highest BCUT2D eigenvalue weighted by atomic mass is 16.5. The van der Waals surface area contributed by atoms with Gasteiger partial charge in [0.25, 0.3) is 0 Å². The Kier molecular flexibility index (Phi) is 7.47. The molecule has 31 heavy (non-hydrogen) atoms. The number of piperidine rings is 1. The van der Waals surface area contributed by atoms with E-state index >= 15 is 0 Å². The Morgan fingerprint density at radius 2 is 1.58 bits per heavy atom. The third kappa shape index (κ3) is 6.01. The predicted molar refractivity (Wildman–Crippen MR) is 125 cm³/mol. The number of hydrogen-bond acceptors (Lipinski definition) is 3. The first-order valence-corrected chi connectivity index (χ1v) is 11.7. The van der Waals surface area contributed by atoms with Gasteiger partial charge in [0.15, 0.2) is 0 Å². The number of benzene rings is 2. The predicted octanol–water partition coefficient (Wildman–Crippen LogP) is 4.42. The van der Waals surface area contributed by atoms with E-state index in [1.165, 1.54) is 42.6 Å². The van der Waals surface area contributed by atoms with Crippen molar-refractivity contribution in [3.63, 3.8) is 0 Å². The van der Waals surface area contributed by atoms with Crippen LogP contribution in [-0.2, 0) is 13.0 Å². The molecule has 0 spiro atoms. The van der Waals surface area contributed by atoms with Crippen molar-refractivity contribution in [2.45, 2.75) is 44.6 Å². The molecule has 2 amide bonds. The monoisotopic (exact) mass is 421 g/mol. The minimum absolute atomic E-state index is 0.0684. The molecule has 2 fully saturated rings. The minimum Gasteiger partial charge on any atom is -0.497 e. The Balaban J connectivity index is 1.16. The summed E-state index contributed by atoms with van der Waals surface area (Å²) in [6.07, 6.45) is 5.56. The van der Waals surface area contributed by atoms with Gasteiger partial charge in [-0.05, 0) is 79.9 Å². The molecule has 2 aliphatic heterocycles. The van der Waals surface area contributed by atoms with Crippen LogP contribution in [0.25, 0.3) is 0 Å². The number of amides is 2. The average Bonchev–Trinajstić information content (AvgIpc) is 3.33. The van der Waals surface area contributed by atoms with Crippen LogP contribution in [0.4, 0.5) is 4.79 Å². The summed E-state index contributed by atoms with van der Waals surface area (Å²) in [6.45, 7) is 5.82. The molecular formula is C26H35N3O2. The molecule has 2 aliphatic rings. The fourth-order valence-electron chi connectivity index (χ4n) is 4.73. The fourth-order valence-corrected chi connectivity index (χ4v) is 4.73. The zero-order valence-corrected chi connectivity index (χ0v) is 18.7. The molecule has 4 rings (SSSR count). The van der Waals surface area contributed by atoms with Gasteiger partial charge in [0.1, 0.15) is 5.75 Å². The number of rotatable bonds is 7. The number of nitrogens with one attached hydrogen (secondary N) is 1. The Morgan fingerprint density at radius 3 is 2.23 bits per heavy atom. The lowest BCUT2D eigenvalue weighted by molar-refractivity contribution is 0.181. The first kappa shape index (κ1) is 21.7. The van der Waals surface area contributed by atoms with Crippen LogP contribution < -0.4 is 10.1 Å². The van der Waals surface area contributed by atoms with Crippen molar-refractivity contribution in [2.75, 3.05) is 39.8 Å². The maximum Gasteiger partial charge on any atom is 0.317 e. The topological polar surface area (TPSA) is 44.8 Å². The Bertz CT molecular complexity index is 821. The van der Waals surface area contributed by atoms with Gasteiger partial charge in [0, 0.05) is 26.2 Å². The molecule has 2 aromatic carbocycles. The molecule has 2 heterocycles. The van der Waals surface area contributed by atoms with Gasteiger partial charge in [0.05, 0.1) is 7.11 Å². The first-order valence-electron chi connectivity index (χ1n) is 11.7. The van der Waals surface area contributed by atoms with Crippen LogP contribution in [0, 0.1) is 0 Å². The summed E-state index contributed by atoms with van der Waals surface area (Å²) in [5.74, 6) is 1.41. The maximum absolute atomic E-state index is 12.6. The summed E-state index contributed by atoms with van der Waals surface area (Å²) >= 11 is 0. The van der Waals surface area contributed by atoms with E-state index in [0.717, 1.165) is 44.6 Å². The van der Waals surface area contributed by atoms with E-state index in [1.54, 1.807) is 7.11 Å². The number of carbonyl (C=O) groups is 1. The Hall–Kier alpha value is -2.53. The van der Waals surface area contributed by atoms with E-state index in [2.05, 4.69) is 46.6 Å². The largest absolute Gasteiger partial charge is 0.497 e. The number of methoxy groups -OCH3 is 1.